The first-order chi connectivity index (χ1) is 7.91. The Bertz CT molecular complexity index is 445. The summed E-state index contributed by atoms with van der Waals surface area (Å²) >= 11 is 0. The Morgan fingerprint density at radius 2 is 2.00 bits per heavy atom. The van der Waals surface area contributed by atoms with Gasteiger partial charge in [-0.15, -0.1) is 0 Å². The SMILES string of the molecule is CC1COC(=O)N1c1ccccc1C(F)(F)F. The highest BCUT2D eigenvalue weighted by molar-refractivity contribution is 5.91. The van der Waals surface area contributed by atoms with Gasteiger partial charge in [0.05, 0.1) is 17.3 Å². The number of cyclic esters (lactones) is 1. The fourth-order valence-electron chi connectivity index (χ4n) is 1.78. The topological polar surface area (TPSA) is 29.5 Å². The number of hydrogen-bond acceptors (Lipinski definition) is 2. The molecule has 0 aliphatic carbocycles. The van der Waals surface area contributed by atoms with E-state index in [0.717, 1.165) is 11.0 Å². The molecule has 1 aliphatic rings. The van der Waals surface area contributed by atoms with Crippen LogP contribution < -0.4 is 4.90 Å². The van der Waals surface area contributed by atoms with Crippen LogP contribution in [0.1, 0.15) is 12.5 Å². The second-order valence-corrected chi connectivity index (χ2v) is 3.81. The van der Waals surface area contributed by atoms with Crippen molar-refractivity contribution in [3.05, 3.63) is 29.8 Å². The van der Waals surface area contributed by atoms with Crippen molar-refractivity contribution in [2.45, 2.75) is 19.1 Å². The number of halogens is 3. The molecule has 1 amide bonds. The number of nitrogens with zero attached hydrogens (tertiary/aromatic N) is 1. The normalized spacial score (nSPS) is 20.6. The molecule has 0 aromatic heterocycles. The Hall–Kier alpha value is -1.72. The Balaban J connectivity index is 2.49. The van der Waals surface area contributed by atoms with Gasteiger partial charge in [-0.3, -0.25) is 4.90 Å². The second kappa shape index (κ2) is 3.94. The minimum Gasteiger partial charge on any atom is -0.447 e. The van der Waals surface area contributed by atoms with Crippen LogP contribution in [-0.4, -0.2) is 18.7 Å². The molecule has 92 valence electrons. The molecule has 3 nitrogen and oxygen atoms in total. The van der Waals surface area contributed by atoms with E-state index in [1.54, 1.807) is 6.92 Å². The lowest BCUT2D eigenvalue weighted by atomic mass is 10.1. The minimum atomic E-state index is -4.49. The van der Waals surface area contributed by atoms with Gasteiger partial charge in [0.25, 0.3) is 0 Å². The van der Waals surface area contributed by atoms with Crippen molar-refractivity contribution in [2.24, 2.45) is 0 Å². The zero-order valence-electron chi connectivity index (χ0n) is 8.99. The summed E-state index contributed by atoms with van der Waals surface area (Å²) in [5.74, 6) is 0. The Kier molecular flexibility index (Phi) is 2.73. The predicted octanol–water partition coefficient (Wildman–Crippen LogP) is 3.05. The van der Waals surface area contributed by atoms with E-state index in [-0.39, 0.29) is 12.3 Å². The van der Waals surface area contributed by atoms with Crippen molar-refractivity contribution in [1.82, 2.24) is 0 Å². The van der Waals surface area contributed by atoms with E-state index in [2.05, 4.69) is 0 Å². The third kappa shape index (κ3) is 2.07. The van der Waals surface area contributed by atoms with Gasteiger partial charge in [0.15, 0.2) is 0 Å². The van der Waals surface area contributed by atoms with Gasteiger partial charge in [0.1, 0.15) is 6.61 Å². The van der Waals surface area contributed by atoms with Crippen molar-refractivity contribution < 1.29 is 22.7 Å². The number of benzene rings is 1. The largest absolute Gasteiger partial charge is 0.447 e. The van der Waals surface area contributed by atoms with Gasteiger partial charge in [-0.25, -0.2) is 4.79 Å². The van der Waals surface area contributed by atoms with Crippen molar-refractivity contribution in [3.63, 3.8) is 0 Å². The van der Waals surface area contributed by atoms with Crippen molar-refractivity contribution in [1.29, 1.82) is 0 Å². The predicted molar refractivity (Wildman–Crippen MR) is 54.7 cm³/mol. The summed E-state index contributed by atoms with van der Waals surface area (Å²) < 4.78 is 43.1. The van der Waals surface area contributed by atoms with Gasteiger partial charge in [-0.2, -0.15) is 13.2 Å². The van der Waals surface area contributed by atoms with Gasteiger partial charge in [0.2, 0.25) is 0 Å². The first-order valence-electron chi connectivity index (χ1n) is 5.03. The quantitative estimate of drug-likeness (QED) is 0.761. The number of anilines is 1. The zero-order valence-corrected chi connectivity index (χ0v) is 8.99. The molecule has 1 aromatic carbocycles. The molecule has 1 aliphatic heterocycles. The molecule has 0 spiro atoms. The van der Waals surface area contributed by atoms with Crippen LogP contribution in [0.4, 0.5) is 23.7 Å². The summed E-state index contributed by atoms with van der Waals surface area (Å²) in [5.41, 5.74) is -0.985. The zero-order chi connectivity index (χ0) is 12.6. The van der Waals surface area contributed by atoms with E-state index in [1.807, 2.05) is 0 Å². The smallest absolute Gasteiger partial charge is 0.418 e. The number of amides is 1. The average Bonchev–Trinajstić information content (AvgIpc) is 2.57. The molecule has 2 rings (SSSR count). The third-order valence-electron chi connectivity index (χ3n) is 2.55. The Morgan fingerprint density at radius 1 is 1.35 bits per heavy atom. The molecule has 1 heterocycles. The molecule has 1 aromatic rings. The lowest BCUT2D eigenvalue weighted by Crippen LogP contribution is -2.32. The molecule has 0 bridgehead atoms. The number of carbonyl (C=O) groups excluding carboxylic acids is 1. The van der Waals surface area contributed by atoms with E-state index >= 15 is 0 Å². The average molecular weight is 245 g/mol. The van der Waals surface area contributed by atoms with E-state index in [4.69, 9.17) is 4.74 Å². The summed E-state index contributed by atoms with van der Waals surface area (Å²) in [7, 11) is 0. The minimum absolute atomic E-state index is 0.102. The Morgan fingerprint density at radius 3 is 2.53 bits per heavy atom. The molecule has 0 saturated carbocycles. The lowest BCUT2D eigenvalue weighted by Gasteiger charge is -2.22. The summed E-state index contributed by atoms with van der Waals surface area (Å²) in [5, 5.41) is 0. The number of ether oxygens (including phenoxy) is 1. The fourth-order valence-corrected chi connectivity index (χ4v) is 1.78. The van der Waals surface area contributed by atoms with E-state index in [9.17, 15) is 18.0 Å². The maximum Gasteiger partial charge on any atom is 0.418 e. The number of hydrogen-bond donors (Lipinski definition) is 0. The van der Waals surface area contributed by atoms with Gasteiger partial charge >= 0.3 is 12.3 Å². The van der Waals surface area contributed by atoms with Crippen molar-refractivity contribution in [3.8, 4) is 0 Å². The molecular formula is C11H10F3NO2. The van der Waals surface area contributed by atoms with Crippen LogP contribution in [0, 0.1) is 0 Å². The van der Waals surface area contributed by atoms with Crippen molar-refractivity contribution >= 4 is 11.8 Å². The maximum absolute atomic E-state index is 12.8. The highest BCUT2D eigenvalue weighted by Gasteiger charge is 2.39. The van der Waals surface area contributed by atoms with Crippen LogP contribution in [-0.2, 0) is 10.9 Å². The monoisotopic (exact) mass is 245 g/mol. The van der Waals surface area contributed by atoms with Crippen LogP contribution in [0.25, 0.3) is 0 Å². The number of carbonyl (C=O) groups is 1. The molecule has 17 heavy (non-hydrogen) atoms. The second-order valence-electron chi connectivity index (χ2n) is 3.81. The first kappa shape index (κ1) is 11.8. The van der Waals surface area contributed by atoms with Gasteiger partial charge in [0, 0.05) is 0 Å². The third-order valence-corrected chi connectivity index (χ3v) is 2.55. The highest BCUT2D eigenvalue weighted by Crippen LogP contribution is 2.38. The number of alkyl halides is 3. The van der Waals surface area contributed by atoms with Crippen LogP contribution in [0.2, 0.25) is 0 Å². The summed E-state index contributed by atoms with van der Waals surface area (Å²) in [6, 6.07) is 4.58. The van der Waals surface area contributed by atoms with Crippen LogP contribution >= 0.6 is 0 Å². The molecule has 6 heteroatoms. The van der Waals surface area contributed by atoms with Gasteiger partial charge < -0.3 is 4.74 Å². The molecular weight excluding hydrogens is 235 g/mol. The highest BCUT2D eigenvalue weighted by atomic mass is 19.4. The standard InChI is InChI=1S/C11H10F3NO2/c1-7-6-17-10(16)15(7)9-5-3-2-4-8(9)11(12,13)14/h2-5,7H,6H2,1H3. The summed E-state index contributed by atoms with van der Waals surface area (Å²) in [6.45, 7) is 1.74. The molecule has 0 N–H and O–H groups in total. The molecule has 1 unspecified atom stereocenters. The first-order valence-corrected chi connectivity index (χ1v) is 5.03. The molecule has 1 saturated heterocycles. The summed E-state index contributed by atoms with van der Waals surface area (Å²) in [6.07, 6.45) is -5.23. The van der Waals surface area contributed by atoms with Crippen LogP contribution in [0.3, 0.4) is 0 Å². The van der Waals surface area contributed by atoms with E-state index in [1.165, 1.54) is 18.2 Å². The maximum atomic E-state index is 12.8. The Labute approximate surface area is 95.8 Å². The van der Waals surface area contributed by atoms with Crippen molar-refractivity contribution in [2.75, 3.05) is 11.5 Å². The fraction of sp³-hybridized carbons (Fsp3) is 0.364. The van der Waals surface area contributed by atoms with Crippen LogP contribution in [0.15, 0.2) is 24.3 Å². The number of rotatable bonds is 1. The molecule has 1 fully saturated rings. The van der Waals surface area contributed by atoms with Gasteiger partial charge in [-0.05, 0) is 19.1 Å². The van der Waals surface area contributed by atoms with E-state index in [0.29, 0.717) is 0 Å². The summed E-state index contributed by atoms with van der Waals surface area (Å²) in [4.78, 5) is 12.4. The van der Waals surface area contributed by atoms with E-state index < -0.39 is 23.9 Å². The number of para-hydroxylation sites is 1. The van der Waals surface area contributed by atoms with Gasteiger partial charge in [-0.1, -0.05) is 12.1 Å². The molecule has 1 atom stereocenters. The lowest BCUT2D eigenvalue weighted by molar-refractivity contribution is -0.137. The molecule has 0 radical (unpaired) electrons. The van der Waals surface area contributed by atoms with Crippen LogP contribution in [0.5, 0.6) is 0 Å².